The number of ether oxygens (including phenoxy) is 2. The highest BCUT2D eigenvalue weighted by molar-refractivity contribution is 7.15. The lowest BCUT2D eigenvalue weighted by molar-refractivity contribution is -0.112. The Bertz CT molecular complexity index is 1050. The van der Waals surface area contributed by atoms with E-state index in [4.69, 9.17) is 9.47 Å². The molecular weight excluding hydrogens is 386 g/mol. The first-order chi connectivity index (χ1) is 14.1. The van der Waals surface area contributed by atoms with Gasteiger partial charge in [0.1, 0.15) is 23.1 Å². The van der Waals surface area contributed by atoms with Crippen LogP contribution in [0.5, 0.6) is 11.5 Å². The van der Waals surface area contributed by atoms with E-state index in [-0.39, 0.29) is 5.57 Å². The van der Waals surface area contributed by atoms with Crippen LogP contribution in [0.1, 0.15) is 16.0 Å². The summed E-state index contributed by atoms with van der Waals surface area (Å²) in [5.41, 5.74) is 1.85. The molecule has 146 valence electrons. The third-order valence-corrected chi connectivity index (χ3v) is 5.02. The van der Waals surface area contributed by atoms with Crippen LogP contribution in [-0.2, 0) is 11.2 Å². The smallest absolute Gasteiger partial charge is 0.268 e. The highest BCUT2D eigenvalue weighted by atomic mass is 32.1. The Labute approximate surface area is 173 Å². The first-order valence-electron chi connectivity index (χ1n) is 8.76. The monoisotopic (exact) mass is 405 g/mol. The van der Waals surface area contributed by atoms with Crippen molar-refractivity contribution in [2.75, 3.05) is 19.5 Å². The molecule has 0 spiro atoms. The molecule has 29 heavy (non-hydrogen) atoms. The van der Waals surface area contributed by atoms with Gasteiger partial charge in [-0.1, -0.05) is 24.3 Å². The molecule has 3 aromatic rings. The molecule has 3 rings (SSSR count). The van der Waals surface area contributed by atoms with Gasteiger partial charge in [0.05, 0.1) is 14.2 Å². The lowest BCUT2D eigenvalue weighted by Gasteiger charge is -2.02. The first kappa shape index (κ1) is 20.1. The van der Waals surface area contributed by atoms with Crippen LogP contribution in [0.4, 0.5) is 5.13 Å². The average molecular weight is 405 g/mol. The fourth-order valence-electron chi connectivity index (χ4n) is 2.57. The van der Waals surface area contributed by atoms with Gasteiger partial charge in [-0.05, 0) is 41.5 Å². The van der Waals surface area contributed by atoms with E-state index in [0.717, 1.165) is 21.8 Å². The van der Waals surface area contributed by atoms with Gasteiger partial charge in [0.25, 0.3) is 5.91 Å². The predicted molar refractivity (Wildman–Crippen MR) is 113 cm³/mol. The van der Waals surface area contributed by atoms with Gasteiger partial charge in [0.15, 0.2) is 5.13 Å². The number of nitrogens with one attached hydrogen (secondary N) is 1. The van der Waals surface area contributed by atoms with Gasteiger partial charge in [-0.2, -0.15) is 5.26 Å². The number of benzene rings is 2. The maximum absolute atomic E-state index is 12.4. The molecule has 1 aromatic heterocycles. The second kappa shape index (κ2) is 9.53. The number of hydrogen-bond donors (Lipinski definition) is 1. The molecule has 0 saturated heterocycles. The van der Waals surface area contributed by atoms with Gasteiger partial charge >= 0.3 is 0 Å². The summed E-state index contributed by atoms with van der Waals surface area (Å²) >= 11 is 1.38. The molecule has 2 aromatic carbocycles. The zero-order chi connectivity index (χ0) is 20.6. The fraction of sp³-hybridized carbons (Fsp3) is 0.136. The van der Waals surface area contributed by atoms with Crippen molar-refractivity contribution in [2.45, 2.75) is 6.42 Å². The largest absolute Gasteiger partial charge is 0.497 e. The zero-order valence-electron chi connectivity index (χ0n) is 16.0. The Balaban J connectivity index is 1.66. The normalized spacial score (nSPS) is 10.9. The number of carbonyl (C=O) groups excluding carboxylic acids is 1. The molecule has 0 radical (unpaired) electrons. The molecule has 0 aliphatic heterocycles. The molecule has 0 fully saturated rings. The van der Waals surface area contributed by atoms with Crippen molar-refractivity contribution in [3.05, 3.63) is 76.3 Å². The number of hydrogen-bond acceptors (Lipinski definition) is 6. The topological polar surface area (TPSA) is 84.2 Å². The summed E-state index contributed by atoms with van der Waals surface area (Å²) in [6, 6.07) is 16.8. The van der Waals surface area contributed by atoms with Gasteiger partial charge in [-0.15, -0.1) is 11.3 Å². The number of nitriles is 1. The SMILES string of the molecule is COc1ccc(C=C(C#N)C(=O)Nc2ncc(Cc3ccc(OC)cc3)s2)cc1. The van der Waals surface area contributed by atoms with Crippen molar-refractivity contribution in [3.8, 4) is 17.6 Å². The molecule has 6 nitrogen and oxygen atoms in total. The Morgan fingerprint density at radius 3 is 2.31 bits per heavy atom. The Morgan fingerprint density at radius 2 is 1.72 bits per heavy atom. The lowest BCUT2D eigenvalue weighted by atomic mass is 10.1. The molecule has 1 heterocycles. The van der Waals surface area contributed by atoms with E-state index in [9.17, 15) is 10.1 Å². The van der Waals surface area contributed by atoms with Crippen molar-refractivity contribution >= 4 is 28.5 Å². The molecule has 0 bridgehead atoms. The van der Waals surface area contributed by atoms with Crippen molar-refractivity contribution in [2.24, 2.45) is 0 Å². The Hall–Kier alpha value is -3.63. The third-order valence-electron chi connectivity index (χ3n) is 4.10. The van der Waals surface area contributed by atoms with Gasteiger partial charge in [-0.3, -0.25) is 10.1 Å². The summed E-state index contributed by atoms with van der Waals surface area (Å²) in [6.07, 6.45) is 3.95. The minimum atomic E-state index is -0.492. The predicted octanol–water partition coefficient (Wildman–Crippen LogP) is 4.30. The van der Waals surface area contributed by atoms with Crippen LogP contribution in [0, 0.1) is 11.3 Å². The van der Waals surface area contributed by atoms with Crippen LogP contribution in [0.3, 0.4) is 0 Å². The first-order valence-corrected chi connectivity index (χ1v) is 9.57. The summed E-state index contributed by atoms with van der Waals surface area (Å²) in [4.78, 5) is 17.7. The highest BCUT2D eigenvalue weighted by Crippen LogP contribution is 2.23. The number of thiazole rings is 1. The average Bonchev–Trinajstić information content (AvgIpc) is 3.19. The van der Waals surface area contributed by atoms with E-state index in [1.54, 1.807) is 44.7 Å². The number of amides is 1. The van der Waals surface area contributed by atoms with Gasteiger partial charge in [0, 0.05) is 17.5 Å². The summed E-state index contributed by atoms with van der Waals surface area (Å²) in [6.45, 7) is 0. The van der Waals surface area contributed by atoms with E-state index in [0.29, 0.717) is 17.3 Å². The van der Waals surface area contributed by atoms with E-state index >= 15 is 0 Å². The van der Waals surface area contributed by atoms with Crippen LogP contribution in [-0.4, -0.2) is 25.1 Å². The summed E-state index contributed by atoms with van der Waals surface area (Å²) < 4.78 is 10.3. The minimum Gasteiger partial charge on any atom is -0.497 e. The molecule has 7 heteroatoms. The van der Waals surface area contributed by atoms with E-state index in [2.05, 4.69) is 10.3 Å². The summed E-state index contributed by atoms with van der Waals surface area (Å²) in [5, 5.41) is 12.5. The Morgan fingerprint density at radius 1 is 1.10 bits per heavy atom. The molecule has 0 aliphatic rings. The second-order valence-electron chi connectivity index (χ2n) is 6.05. The molecule has 1 N–H and O–H groups in total. The summed E-state index contributed by atoms with van der Waals surface area (Å²) in [7, 11) is 3.21. The van der Waals surface area contributed by atoms with Crippen molar-refractivity contribution < 1.29 is 14.3 Å². The van der Waals surface area contributed by atoms with Gasteiger partial charge in [0.2, 0.25) is 0 Å². The van der Waals surface area contributed by atoms with Crippen molar-refractivity contribution in [1.29, 1.82) is 5.26 Å². The number of rotatable bonds is 7. The van der Waals surface area contributed by atoms with Crippen LogP contribution in [0.15, 0.2) is 60.3 Å². The van der Waals surface area contributed by atoms with E-state index in [1.165, 1.54) is 17.4 Å². The van der Waals surface area contributed by atoms with Crippen LogP contribution >= 0.6 is 11.3 Å². The minimum absolute atomic E-state index is 0.00192. The molecule has 0 unspecified atom stereocenters. The van der Waals surface area contributed by atoms with E-state index in [1.807, 2.05) is 30.3 Å². The van der Waals surface area contributed by atoms with Crippen LogP contribution in [0.2, 0.25) is 0 Å². The zero-order valence-corrected chi connectivity index (χ0v) is 16.8. The number of carbonyl (C=O) groups is 1. The number of nitrogens with zero attached hydrogens (tertiary/aromatic N) is 2. The fourth-order valence-corrected chi connectivity index (χ4v) is 3.41. The molecule has 0 aliphatic carbocycles. The summed E-state index contributed by atoms with van der Waals surface area (Å²) in [5.74, 6) is 1.02. The van der Waals surface area contributed by atoms with Gasteiger partial charge < -0.3 is 9.47 Å². The van der Waals surface area contributed by atoms with Crippen molar-refractivity contribution in [3.63, 3.8) is 0 Å². The second-order valence-corrected chi connectivity index (χ2v) is 7.17. The molecule has 0 saturated carbocycles. The molecule has 1 amide bonds. The maximum Gasteiger partial charge on any atom is 0.268 e. The number of aromatic nitrogens is 1. The molecular formula is C22H19N3O3S. The molecule has 0 atom stereocenters. The number of methoxy groups -OCH3 is 2. The standard InChI is InChI=1S/C22H19N3O3S/c1-27-18-7-3-15(4-8-18)11-17(13-23)21(26)25-22-24-14-20(29-22)12-16-5-9-19(28-2)10-6-16/h3-11,14H,12H2,1-2H3,(H,24,25,26). The lowest BCUT2D eigenvalue weighted by Crippen LogP contribution is -2.13. The Kier molecular flexibility index (Phi) is 6.61. The van der Waals surface area contributed by atoms with Crippen LogP contribution < -0.4 is 14.8 Å². The number of anilines is 1. The van der Waals surface area contributed by atoms with E-state index < -0.39 is 5.91 Å². The maximum atomic E-state index is 12.4. The quantitative estimate of drug-likeness (QED) is 0.468. The third kappa shape index (κ3) is 5.43. The van der Waals surface area contributed by atoms with Crippen LogP contribution in [0.25, 0.3) is 6.08 Å². The van der Waals surface area contributed by atoms with Crippen molar-refractivity contribution in [1.82, 2.24) is 4.98 Å². The highest BCUT2D eigenvalue weighted by Gasteiger charge is 2.12. The van der Waals surface area contributed by atoms with Gasteiger partial charge in [-0.25, -0.2) is 4.98 Å².